The smallest absolute Gasteiger partial charge is 0.132 e. The Labute approximate surface area is 342 Å². The summed E-state index contributed by atoms with van der Waals surface area (Å²) < 4.78 is 0. The van der Waals surface area contributed by atoms with Gasteiger partial charge in [-0.1, -0.05) is 200 Å². The molecule has 0 aromatic heterocycles. The van der Waals surface area contributed by atoms with Gasteiger partial charge in [-0.3, -0.25) is 0 Å². The van der Waals surface area contributed by atoms with Crippen molar-refractivity contribution in [1.82, 2.24) is 0 Å². The normalized spacial score (nSPS) is 14.4. The van der Waals surface area contributed by atoms with E-state index in [0.29, 0.717) is 0 Å². The van der Waals surface area contributed by atoms with Gasteiger partial charge < -0.3 is 0 Å². The number of fused-ring (bicyclic) bond motifs is 3. The maximum atomic E-state index is 2.61. The number of aryl methyl sites for hydroxylation is 1. The number of hydrogen-bond donors (Lipinski definition) is 0. The molecule has 0 fully saturated rings. The molecular formula is C55H50SSi. The van der Waals surface area contributed by atoms with Crippen LogP contribution in [0.3, 0.4) is 0 Å². The second-order valence-corrected chi connectivity index (χ2v) is 22.4. The van der Waals surface area contributed by atoms with Gasteiger partial charge in [-0.25, -0.2) is 0 Å². The second kappa shape index (κ2) is 15.7. The quantitative estimate of drug-likeness (QED) is 0.107. The highest BCUT2D eigenvalue weighted by molar-refractivity contribution is 8.34. The lowest BCUT2D eigenvalue weighted by Crippen LogP contribution is -2.51. The number of benzene rings is 8. The molecule has 8 aromatic carbocycles. The summed E-state index contributed by atoms with van der Waals surface area (Å²) in [5, 5.41) is 4.36. The molecular weight excluding hydrogens is 721 g/mol. The third kappa shape index (κ3) is 7.03. The molecule has 0 saturated carbocycles. The number of rotatable bonds is 8. The summed E-state index contributed by atoms with van der Waals surface area (Å²) in [6.07, 6.45) is 2.10. The molecule has 1 atom stereocenters. The lowest BCUT2D eigenvalue weighted by atomic mass is 9.82. The summed E-state index contributed by atoms with van der Waals surface area (Å²) in [7, 11) is -3.64. The van der Waals surface area contributed by atoms with Crippen LogP contribution in [0.4, 0.5) is 0 Å². The Hall–Kier alpha value is -5.67. The predicted molar refractivity (Wildman–Crippen MR) is 246 cm³/mol. The van der Waals surface area contributed by atoms with Gasteiger partial charge in [-0.2, -0.15) is 0 Å². The highest BCUT2D eigenvalue weighted by Crippen LogP contribution is 2.73. The molecule has 0 bridgehead atoms. The molecule has 8 aromatic rings. The summed E-state index contributed by atoms with van der Waals surface area (Å²) >= 11 is 0. The fourth-order valence-electron chi connectivity index (χ4n) is 9.08. The van der Waals surface area contributed by atoms with Crippen molar-refractivity contribution in [2.75, 3.05) is 0 Å². The molecule has 9 rings (SSSR count). The first-order chi connectivity index (χ1) is 27.9. The molecule has 1 aliphatic rings. The van der Waals surface area contributed by atoms with E-state index >= 15 is 0 Å². The van der Waals surface area contributed by atoms with Crippen LogP contribution in [0.15, 0.2) is 232 Å². The summed E-state index contributed by atoms with van der Waals surface area (Å²) in [5.74, 6) is 0.282. The molecule has 0 saturated heterocycles. The van der Waals surface area contributed by atoms with E-state index < -0.39 is 18.8 Å². The van der Waals surface area contributed by atoms with Crippen LogP contribution in [-0.2, 0) is 11.8 Å². The van der Waals surface area contributed by atoms with Gasteiger partial charge in [-0.05, 0) is 100 Å². The van der Waals surface area contributed by atoms with Crippen LogP contribution in [0.1, 0.15) is 55.4 Å². The zero-order chi connectivity index (χ0) is 38.8. The van der Waals surface area contributed by atoms with Crippen molar-refractivity contribution in [2.45, 2.75) is 64.5 Å². The fraction of sp³-hybridized carbons (Fsp3) is 0.127. The van der Waals surface area contributed by atoms with E-state index in [0.717, 1.165) is 12.8 Å². The van der Waals surface area contributed by atoms with Gasteiger partial charge >= 0.3 is 0 Å². The minimum absolute atomic E-state index is 0.109. The van der Waals surface area contributed by atoms with Crippen molar-refractivity contribution in [3.05, 3.63) is 235 Å². The van der Waals surface area contributed by atoms with E-state index in [9.17, 15) is 0 Å². The van der Waals surface area contributed by atoms with Crippen LogP contribution >= 0.6 is 10.0 Å². The van der Waals surface area contributed by atoms with Gasteiger partial charge in [0, 0.05) is 25.5 Å². The molecule has 0 N–H and O–H groups in total. The van der Waals surface area contributed by atoms with Gasteiger partial charge in [0.25, 0.3) is 0 Å². The SMILES string of the molecule is CC(C)(C)c1ccc(C2CCc3ccc([SiH](c4ccccc4)c4ccccc4)cc3-c3cc(S(c4ccccc4)(c4ccccc4)c4ccccc4)ccc32)cc1. The Balaban J connectivity index is 1.32. The van der Waals surface area contributed by atoms with E-state index in [1.807, 2.05) is 0 Å². The lowest BCUT2D eigenvalue weighted by Gasteiger charge is -2.42. The number of hydrogen-bond acceptors (Lipinski definition) is 0. The Morgan fingerprint density at radius 1 is 0.439 bits per heavy atom. The highest BCUT2D eigenvalue weighted by atomic mass is 32.3. The Kier molecular flexibility index (Phi) is 10.2. The topological polar surface area (TPSA) is 0 Å². The van der Waals surface area contributed by atoms with Crippen molar-refractivity contribution in [3.63, 3.8) is 0 Å². The van der Waals surface area contributed by atoms with Crippen molar-refractivity contribution in [1.29, 1.82) is 0 Å². The van der Waals surface area contributed by atoms with Crippen molar-refractivity contribution >= 4 is 34.4 Å². The lowest BCUT2D eigenvalue weighted by molar-refractivity contribution is 0.589. The largest absolute Gasteiger partial charge is 0.133 e. The molecule has 0 nitrogen and oxygen atoms in total. The van der Waals surface area contributed by atoms with Crippen LogP contribution in [-0.4, -0.2) is 8.80 Å². The van der Waals surface area contributed by atoms with Gasteiger partial charge in [0.15, 0.2) is 0 Å². The van der Waals surface area contributed by atoms with Gasteiger partial charge in [0.05, 0.1) is 0 Å². The Morgan fingerprint density at radius 3 is 1.42 bits per heavy atom. The van der Waals surface area contributed by atoms with Gasteiger partial charge in [0.1, 0.15) is 8.80 Å². The molecule has 0 radical (unpaired) electrons. The third-order valence-electron chi connectivity index (χ3n) is 11.9. The van der Waals surface area contributed by atoms with E-state index in [1.165, 1.54) is 68.5 Å². The summed E-state index contributed by atoms with van der Waals surface area (Å²) in [4.78, 5) is 5.41. The van der Waals surface area contributed by atoms with E-state index in [2.05, 4.69) is 233 Å². The maximum Gasteiger partial charge on any atom is 0.132 e. The molecule has 0 spiro atoms. The summed E-state index contributed by atoms with van der Waals surface area (Å²) in [6, 6.07) is 81.0. The van der Waals surface area contributed by atoms with Crippen LogP contribution < -0.4 is 15.6 Å². The zero-order valence-electron chi connectivity index (χ0n) is 33.2. The van der Waals surface area contributed by atoms with E-state index in [1.54, 1.807) is 0 Å². The Morgan fingerprint density at radius 2 is 0.930 bits per heavy atom. The molecule has 0 heterocycles. The average Bonchev–Trinajstić information content (AvgIpc) is 3.42. The predicted octanol–water partition coefficient (Wildman–Crippen LogP) is 12.3. The first-order valence-corrected chi connectivity index (χ1v) is 23.7. The molecule has 0 amide bonds. The molecule has 57 heavy (non-hydrogen) atoms. The summed E-state index contributed by atoms with van der Waals surface area (Å²) in [5.41, 5.74) is 8.53. The van der Waals surface area contributed by atoms with Crippen LogP contribution in [0.25, 0.3) is 11.1 Å². The van der Waals surface area contributed by atoms with Crippen molar-refractivity contribution in [3.8, 4) is 11.1 Å². The standard InChI is InChI=1S/C55H50SSi/c1-55(2,3)43-33-29-41(30-34-43)51-37-32-42-31-36-50(57(48-25-15-7-16-26-48)49-27-17-8-18-28-49)40-53(42)54-39-47(35-38-52(51)54)56(44-19-9-4-10-20-44,45-21-11-5-12-22-45)46-23-13-6-14-24-46/h4-31,33-36,38-40,51,57H,32,37H2,1-3H3. The van der Waals surface area contributed by atoms with Crippen molar-refractivity contribution in [2.24, 2.45) is 0 Å². The summed E-state index contributed by atoms with van der Waals surface area (Å²) in [6.45, 7) is 6.92. The Bertz CT molecular complexity index is 2440. The molecule has 280 valence electrons. The molecule has 1 unspecified atom stereocenters. The second-order valence-electron chi connectivity index (χ2n) is 16.4. The minimum atomic E-state index is -1.87. The monoisotopic (exact) mass is 770 g/mol. The fourth-order valence-corrected chi connectivity index (χ4v) is 16.0. The molecule has 0 aliphatic heterocycles. The van der Waals surface area contributed by atoms with Crippen LogP contribution in [0.5, 0.6) is 0 Å². The maximum absolute atomic E-state index is 2.61. The average molecular weight is 771 g/mol. The molecule has 1 aliphatic carbocycles. The van der Waals surface area contributed by atoms with Gasteiger partial charge in [-0.15, -0.1) is 10.0 Å². The van der Waals surface area contributed by atoms with Crippen molar-refractivity contribution < 1.29 is 0 Å². The highest BCUT2D eigenvalue weighted by Gasteiger charge is 2.35. The van der Waals surface area contributed by atoms with E-state index in [-0.39, 0.29) is 11.3 Å². The van der Waals surface area contributed by atoms with E-state index in [4.69, 9.17) is 0 Å². The minimum Gasteiger partial charge on any atom is -0.133 e. The van der Waals surface area contributed by atoms with Gasteiger partial charge in [0.2, 0.25) is 0 Å². The zero-order valence-corrected chi connectivity index (χ0v) is 35.2. The third-order valence-corrected chi connectivity index (χ3v) is 19.0. The first kappa shape index (κ1) is 36.9. The first-order valence-electron chi connectivity index (χ1n) is 20.4. The van der Waals surface area contributed by atoms with Crippen LogP contribution in [0, 0.1) is 0 Å². The molecule has 2 heteroatoms. The van der Waals surface area contributed by atoms with Crippen LogP contribution in [0.2, 0.25) is 0 Å².